The molecule has 7 heteroatoms. The molecule has 0 radical (unpaired) electrons. The second kappa shape index (κ2) is 12.2. The molecule has 0 aromatic heterocycles. The van der Waals surface area contributed by atoms with E-state index in [0.29, 0.717) is 6.42 Å². The fraction of sp³-hybridized carbons (Fsp3) is 0.292. The van der Waals surface area contributed by atoms with Crippen LogP contribution in [-0.2, 0) is 25.7 Å². The predicted octanol–water partition coefficient (Wildman–Crippen LogP) is 3.66. The lowest BCUT2D eigenvalue weighted by molar-refractivity contribution is -0.137. The minimum Gasteiger partial charge on any atom is -0.464 e. The number of nitrogens with one attached hydrogen (secondary N) is 2. The van der Waals surface area contributed by atoms with Crippen LogP contribution >= 0.6 is 0 Å². The molecule has 0 bridgehead atoms. The van der Waals surface area contributed by atoms with Crippen LogP contribution in [0.15, 0.2) is 66.4 Å². The SMILES string of the molecule is COC(=O)/C(=C\c1ccccc1)NC(=O)[C@H](CC(C)C)NC(=O)OCc1ccccc1. The molecule has 0 saturated carbocycles. The maximum absolute atomic E-state index is 12.9. The molecule has 0 aliphatic carbocycles. The van der Waals surface area contributed by atoms with Crippen LogP contribution < -0.4 is 10.6 Å². The lowest BCUT2D eigenvalue weighted by Crippen LogP contribution is -2.48. The van der Waals surface area contributed by atoms with Gasteiger partial charge in [-0.05, 0) is 29.5 Å². The molecule has 0 fully saturated rings. The van der Waals surface area contributed by atoms with Gasteiger partial charge in [0.25, 0.3) is 0 Å². The summed E-state index contributed by atoms with van der Waals surface area (Å²) < 4.78 is 10.0. The van der Waals surface area contributed by atoms with E-state index < -0.39 is 24.0 Å². The van der Waals surface area contributed by atoms with E-state index in [4.69, 9.17) is 9.47 Å². The highest BCUT2D eigenvalue weighted by molar-refractivity contribution is 5.99. The zero-order chi connectivity index (χ0) is 22.6. The van der Waals surface area contributed by atoms with Crippen LogP contribution in [0.4, 0.5) is 4.79 Å². The molecule has 2 aromatic rings. The number of alkyl carbamates (subject to hydrolysis) is 1. The van der Waals surface area contributed by atoms with Gasteiger partial charge in [0.1, 0.15) is 18.3 Å². The third-order valence-electron chi connectivity index (χ3n) is 4.30. The van der Waals surface area contributed by atoms with Gasteiger partial charge in [-0.2, -0.15) is 0 Å². The first kappa shape index (κ1) is 23.7. The number of benzene rings is 2. The van der Waals surface area contributed by atoms with Gasteiger partial charge in [0.15, 0.2) is 0 Å². The molecule has 2 rings (SSSR count). The molecule has 7 nitrogen and oxygen atoms in total. The molecule has 1 atom stereocenters. The molecule has 2 aromatic carbocycles. The highest BCUT2D eigenvalue weighted by Crippen LogP contribution is 2.10. The van der Waals surface area contributed by atoms with Gasteiger partial charge in [0, 0.05) is 0 Å². The van der Waals surface area contributed by atoms with Crippen LogP contribution in [0.5, 0.6) is 0 Å². The summed E-state index contributed by atoms with van der Waals surface area (Å²) in [5, 5.41) is 5.17. The van der Waals surface area contributed by atoms with Crippen molar-refractivity contribution in [2.45, 2.75) is 32.9 Å². The minimum atomic E-state index is -0.882. The van der Waals surface area contributed by atoms with E-state index in [9.17, 15) is 14.4 Å². The van der Waals surface area contributed by atoms with Crippen LogP contribution in [0.1, 0.15) is 31.4 Å². The lowest BCUT2D eigenvalue weighted by Gasteiger charge is -2.20. The molecule has 0 aliphatic heterocycles. The number of ether oxygens (including phenoxy) is 2. The Morgan fingerprint density at radius 2 is 1.58 bits per heavy atom. The Morgan fingerprint density at radius 3 is 2.16 bits per heavy atom. The summed E-state index contributed by atoms with van der Waals surface area (Å²) in [7, 11) is 1.23. The summed E-state index contributed by atoms with van der Waals surface area (Å²) in [6.07, 6.45) is 1.17. The van der Waals surface area contributed by atoms with E-state index in [-0.39, 0.29) is 18.2 Å². The second-order valence-corrected chi connectivity index (χ2v) is 7.34. The average molecular weight is 424 g/mol. The van der Waals surface area contributed by atoms with E-state index in [1.54, 1.807) is 12.1 Å². The van der Waals surface area contributed by atoms with Crippen molar-refractivity contribution in [3.05, 3.63) is 77.5 Å². The van der Waals surface area contributed by atoms with Crippen molar-refractivity contribution in [1.29, 1.82) is 0 Å². The highest BCUT2D eigenvalue weighted by atomic mass is 16.5. The Hall–Kier alpha value is -3.61. The smallest absolute Gasteiger partial charge is 0.408 e. The van der Waals surface area contributed by atoms with Crippen molar-refractivity contribution < 1.29 is 23.9 Å². The summed E-state index contributed by atoms with van der Waals surface area (Å²) in [4.78, 5) is 37.3. The second-order valence-electron chi connectivity index (χ2n) is 7.34. The standard InChI is InChI=1S/C24H28N2O5/c1-17(2)14-20(26-24(29)31-16-19-12-8-5-9-13-19)22(27)25-21(23(28)30-3)15-18-10-6-4-7-11-18/h4-13,15,17,20H,14,16H2,1-3H3,(H,25,27)(H,26,29)/b21-15+/t20-/m0/s1. The van der Waals surface area contributed by atoms with E-state index in [2.05, 4.69) is 10.6 Å². The van der Waals surface area contributed by atoms with Gasteiger partial charge in [0.05, 0.1) is 7.11 Å². The number of hydrogen-bond donors (Lipinski definition) is 2. The maximum Gasteiger partial charge on any atom is 0.408 e. The summed E-state index contributed by atoms with van der Waals surface area (Å²) in [6.45, 7) is 3.95. The lowest BCUT2D eigenvalue weighted by atomic mass is 10.0. The predicted molar refractivity (Wildman–Crippen MR) is 118 cm³/mol. The molecule has 2 N–H and O–H groups in total. The number of esters is 1. The summed E-state index contributed by atoms with van der Waals surface area (Å²) in [5.74, 6) is -1.10. The zero-order valence-corrected chi connectivity index (χ0v) is 18.0. The van der Waals surface area contributed by atoms with Crippen LogP contribution in [0.3, 0.4) is 0 Å². The molecule has 0 saturated heterocycles. The minimum absolute atomic E-state index is 0.0214. The number of methoxy groups -OCH3 is 1. The van der Waals surface area contributed by atoms with E-state index in [1.807, 2.05) is 62.4 Å². The van der Waals surface area contributed by atoms with Crippen molar-refractivity contribution in [3.8, 4) is 0 Å². The first-order chi connectivity index (χ1) is 14.9. The largest absolute Gasteiger partial charge is 0.464 e. The Bertz CT molecular complexity index is 895. The van der Waals surface area contributed by atoms with Crippen LogP contribution in [-0.4, -0.2) is 31.1 Å². The van der Waals surface area contributed by atoms with Crippen molar-refractivity contribution in [3.63, 3.8) is 0 Å². The molecule has 0 aliphatic rings. The van der Waals surface area contributed by atoms with Crippen LogP contribution in [0.25, 0.3) is 6.08 Å². The van der Waals surface area contributed by atoms with Gasteiger partial charge in [-0.3, -0.25) is 4.79 Å². The van der Waals surface area contributed by atoms with E-state index in [1.165, 1.54) is 13.2 Å². The van der Waals surface area contributed by atoms with Gasteiger partial charge in [0.2, 0.25) is 5.91 Å². The quantitative estimate of drug-likeness (QED) is 0.473. The third-order valence-corrected chi connectivity index (χ3v) is 4.30. The first-order valence-corrected chi connectivity index (χ1v) is 10.0. The molecule has 31 heavy (non-hydrogen) atoms. The molecule has 2 amide bonds. The number of carbonyl (C=O) groups excluding carboxylic acids is 3. The van der Waals surface area contributed by atoms with Crippen molar-refractivity contribution >= 4 is 24.0 Å². The topological polar surface area (TPSA) is 93.7 Å². The molecule has 164 valence electrons. The van der Waals surface area contributed by atoms with E-state index in [0.717, 1.165) is 11.1 Å². The fourth-order valence-electron chi connectivity index (χ4n) is 2.80. The van der Waals surface area contributed by atoms with Gasteiger partial charge in [-0.1, -0.05) is 74.5 Å². The molecular formula is C24H28N2O5. The summed E-state index contributed by atoms with van der Waals surface area (Å²) >= 11 is 0. The maximum atomic E-state index is 12.9. The third kappa shape index (κ3) is 8.34. The Labute approximate surface area is 182 Å². The Kier molecular flexibility index (Phi) is 9.29. The number of hydrogen-bond acceptors (Lipinski definition) is 5. The number of carbonyl (C=O) groups is 3. The monoisotopic (exact) mass is 424 g/mol. The first-order valence-electron chi connectivity index (χ1n) is 10.0. The molecular weight excluding hydrogens is 396 g/mol. The molecule has 0 heterocycles. The molecule has 0 unspecified atom stereocenters. The van der Waals surface area contributed by atoms with Crippen molar-refractivity contribution in [2.75, 3.05) is 7.11 Å². The number of rotatable bonds is 9. The zero-order valence-electron chi connectivity index (χ0n) is 18.0. The van der Waals surface area contributed by atoms with Crippen LogP contribution in [0, 0.1) is 5.92 Å². The number of amides is 2. The average Bonchev–Trinajstić information content (AvgIpc) is 2.77. The van der Waals surface area contributed by atoms with E-state index >= 15 is 0 Å². The summed E-state index contributed by atoms with van der Waals surface area (Å²) in [6, 6.07) is 17.4. The fourth-order valence-corrected chi connectivity index (χ4v) is 2.80. The summed E-state index contributed by atoms with van der Waals surface area (Å²) in [5.41, 5.74) is 1.53. The van der Waals surface area contributed by atoms with Gasteiger partial charge >= 0.3 is 12.1 Å². The van der Waals surface area contributed by atoms with Crippen LogP contribution in [0.2, 0.25) is 0 Å². The molecule has 0 spiro atoms. The normalized spacial score (nSPS) is 12.1. The van der Waals surface area contributed by atoms with Gasteiger partial charge in [-0.25, -0.2) is 9.59 Å². The van der Waals surface area contributed by atoms with Gasteiger partial charge in [-0.15, -0.1) is 0 Å². The van der Waals surface area contributed by atoms with Gasteiger partial charge < -0.3 is 20.1 Å². The highest BCUT2D eigenvalue weighted by Gasteiger charge is 2.25. The Morgan fingerprint density at radius 1 is 0.968 bits per heavy atom. The Balaban J connectivity index is 2.08. The van der Waals surface area contributed by atoms with Crippen molar-refractivity contribution in [1.82, 2.24) is 10.6 Å². The van der Waals surface area contributed by atoms with Crippen molar-refractivity contribution in [2.24, 2.45) is 5.92 Å².